The predicted octanol–water partition coefficient (Wildman–Crippen LogP) is 2.47. The molecule has 3 heteroatoms. The van der Waals surface area contributed by atoms with Gasteiger partial charge in [-0.2, -0.15) is 0 Å². The maximum absolute atomic E-state index is 11.0. The zero-order chi connectivity index (χ0) is 12.0. The summed E-state index contributed by atoms with van der Waals surface area (Å²) >= 11 is 0. The monoisotopic (exact) mass is 218 g/mol. The van der Waals surface area contributed by atoms with Crippen LogP contribution in [0.1, 0.15) is 5.56 Å². The number of hydrogen-bond donors (Lipinski definition) is 0. The number of allylic oxidation sites excluding steroid dienone is 2. The van der Waals surface area contributed by atoms with Crippen molar-refractivity contribution in [3.05, 3.63) is 42.5 Å². The largest absolute Gasteiger partial charge is 0.493 e. The lowest BCUT2D eigenvalue weighted by Gasteiger charge is -2.07. The second-order valence-corrected chi connectivity index (χ2v) is 3.05. The van der Waals surface area contributed by atoms with Gasteiger partial charge < -0.3 is 9.47 Å². The fourth-order valence-electron chi connectivity index (χ4n) is 1.20. The molecular formula is C13H14O3. The van der Waals surface area contributed by atoms with E-state index in [2.05, 4.69) is 6.58 Å². The van der Waals surface area contributed by atoms with Crippen LogP contribution in [-0.2, 0) is 4.79 Å². The molecule has 84 valence electrons. The number of ketones is 1. The van der Waals surface area contributed by atoms with E-state index >= 15 is 0 Å². The third-order valence-electron chi connectivity index (χ3n) is 2.05. The highest BCUT2D eigenvalue weighted by Crippen LogP contribution is 2.27. The van der Waals surface area contributed by atoms with Crippen molar-refractivity contribution in [2.24, 2.45) is 0 Å². The van der Waals surface area contributed by atoms with Crippen LogP contribution in [-0.4, -0.2) is 20.0 Å². The number of hydrogen-bond acceptors (Lipinski definition) is 3. The average Bonchev–Trinajstić information content (AvgIpc) is 2.35. The van der Waals surface area contributed by atoms with Gasteiger partial charge in [0.25, 0.3) is 0 Å². The van der Waals surface area contributed by atoms with Crippen molar-refractivity contribution in [3.63, 3.8) is 0 Å². The summed E-state index contributed by atoms with van der Waals surface area (Å²) in [7, 11) is 3.15. The number of carbonyl (C=O) groups excluding carboxylic acids is 1. The predicted molar refractivity (Wildman–Crippen MR) is 63.8 cm³/mol. The lowest BCUT2D eigenvalue weighted by atomic mass is 10.1. The summed E-state index contributed by atoms with van der Waals surface area (Å²) in [6.07, 6.45) is 4.41. The van der Waals surface area contributed by atoms with Gasteiger partial charge in [0.15, 0.2) is 17.3 Å². The Morgan fingerprint density at radius 1 is 1.25 bits per heavy atom. The van der Waals surface area contributed by atoms with Crippen LogP contribution in [0.3, 0.4) is 0 Å². The summed E-state index contributed by atoms with van der Waals surface area (Å²) in [5.41, 5.74) is 0.868. The van der Waals surface area contributed by atoms with Crippen LogP contribution >= 0.6 is 0 Å². The molecule has 0 amide bonds. The average molecular weight is 218 g/mol. The molecule has 16 heavy (non-hydrogen) atoms. The first-order valence-corrected chi connectivity index (χ1v) is 4.77. The molecule has 0 saturated heterocycles. The molecule has 0 atom stereocenters. The van der Waals surface area contributed by atoms with Crippen LogP contribution in [0.2, 0.25) is 0 Å². The standard InChI is InChI=1S/C13H14O3/c1-4-11(14)7-5-10-6-8-12(15-2)13(9-10)16-3/h4-9H,1H2,2-3H3. The van der Waals surface area contributed by atoms with Crippen LogP contribution in [0.15, 0.2) is 36.9 Å². The maximum Gasteiger partial charge on any atom is 0.178 e. The third kappa shape index (κ3) is 2.98. The SMILES string of the molecule is C=CC(=O)C=Cc1ccc(OC)c(OC)c1. The minimum Gasteiger partial charge on any atom is -0.493 e. The van der Waals surface area contributed by atoms with Crippen molar-refractivity contribution in [1.29, 1.82) is 0 Å². The van der Waals surface area contributed by atoms with E-state index in [4.69, 9.17) is 9.47 Å². The molecule has 0 aliphatic heterocycles. The quantitative estimate of drug-likeness (QED) is 0.712. The number of benzene rings is 1. The van der Waals surface area contributed by atoms with Crippen LogP contribution in [0, 0.1) is 0 Å². The molecule has 1 rings (SSSR count). The lowest BCUT2D eigenvalue weighted by molar-refractivity contribution is -0.110. The van der Waals surface area contributed by atoms with Gasteiger partial charge in [-0.25, -0.2) is 0 Å². The number of carbonyl (C=O) groups is 1. The summed E-state index contributed by atoms with van der Waals surface area (Å²) < 4.78 is 10.3. The smallest absolute Gasteiger partial charge is 0.178 e. The molecule has 0 heterocycles. The van der Waals surface area contributed by atoms with Crippen LogP contribution in [0.5, 0.6) is 11.5 Å². The summed E-state index contributed by atoms with van der Waals surface area (Å²) in [4.78, 5) is 11.0. The van der Waals surface area contributed by atoms with Gasteiger partial charge in [-0.3, -0.25) is 4.79 Å². The molecule has 0 bridgehead atoms. The Balaban J connectivity index is 2.95. The summed E-state index contributed by atoms with van der Waals surface area (Å²) in [5.74, 6) is 1.17. The molecule has 0 saturated carbocycles. The Hall–Kier alpha value is -2.03. The number of ether oxygens (including phenoxy) is 2. The minimum atomic E-state index is -0.130. The van der Waals surface area contributed by atoms with E-state index in [-0.39, 0.29) is 5.78 Å². The molecule has 1 aromatic carbocycles. The number of rotatable bonds is 5. The Bertz CT molecular complexity index is 419. The van der Waals surface area contributed by atoms with E-state index in [1.165, 1.54) is 12.2 Å². The Morgan fingerprint density at radius 2 is 1.94 bits per heavy atom. The second-order valence-electron chi connectivity index (χ2n) is 3.05. The number of methoxy groups -OCH3 is 2. The van der Waals surface area contributed by atoms with Gasteiger partial charge in [0.05, 0.1) is 14.2 Å². The molecule has 0 fully saturated rings. The van der Waals surface area contributed by atoms with Gasteiger partial charge in [-0.05, 0) is 29.8 Å². The Labute approximate surface area is 95.0 Å². The van der Waals surface area contributed by atoms with Gasteiger partial charge in [-0.1, -0.05) is 18.7 Å². The molecule has 1 aromatic rings. The summed E-state index contributed by atoms with van der Waals surface area (Å²) in [5, 5.41) is 0. The molecule has 0 aliphatic carbocycles. The lowest BCUT2D eigenvalue weighted by Crippen LogP contribution is -1.90. The fourth-order valence-corrected chi connectivity index (χ4v) is 1.20. The molecule has 0 N–H and O–H groups in total. The van der Waals surface area contributed by atoms with Crippen molar-refractivity contribution in [3.8, 4) is 11.5 Å². The molecular weight excluding hydrogens is 204 g/mol. The molecule has 0 aromatic heterocycles. The highest BCUT2D eigenvalue weighted by atomic mass is 16.5. The van der Waals surface area contributed by atoms with E-state index in [1.807, 2.05) is 6.07 Å². The second kappa shape index (κ2) is 5.75. The normalized spacial score (nSPS) is 10.1. The van der Waals surface area contributed by atoms with Crippen LogP contribution < -0.4 is 9.47 Å². The maximum atomic E-state index is 11.0. The van der Waals surface area contributed by atoms with Crippen molar-refractivity contribution < 1.29 is 14.3 Å². The summed E-state index contributed by atoms with van der Waals surface area (Å²) in [6.45, 7) is 3.39. The van der Waals surface area contributed by atoms with E-state index in [0.29, 0.717) is 11.5 Å². The van der Waals surface area contributed by atoms with E-state index in [0.717, 1.165) is 5.56 Å². The zero-order valence-corrected chi connectivity index (χ0v) is 9.40. The highest BCUT2D eigenvalue weighted by Gasteiger charge is 2.02. The van der Waals surface area contributed by atoms with Crippen LogP contribution in [0.4, 0.5) is 0 Å². The van der Waals surface area contributed by atoms with Gasteiger partial charge >= 0.3 is 0 Å². The van der Waals surface area contributed by atoms with E-state index < -0.39 is 0 Å². The molecule has 0 unspecified atom stereocenters. The van der Waals surface area contributed by atoms with Crippen LogP contribution in [0.25, 0.3) is 6.08 Å². The minimum absolute atomic E-state index is 0.130. The summed E-state index contributed by atoms with van der Waals surface area (Å²) in [6, 6.07) is 5.43. The molecule has 0 aliphatic rings. The first-order valence-electron chi connectivity index (χ1n) is 4.77. The molecule has 0 radical (unpaired) electrons. The topological polar surface area (TPSA) is 35.5 Å². The fraction of sp³-hybridized carbons (Fsp3) is 0.154. The van der Waals surface area contributed by atoms with Gasteiger partial charge in [0.2, 0.25) is 0 Å². The van der Waals surface area contributed by atoms with Gasteiger partial charge in [0.1, 0.15) is 0 Å². The Kier molecular flexibility index (Phi) is 4.33. The zero-order valence-electron chi connectivity index (χ0n) is 9.40. The van der Waals surface area contributed by atoms with Crippen molar-refractivity contribution in [2.75, 3.05) is 14.2 Å². The van der Waals surface area contributed by atoms with E-state index in [1.54, 1.807) is 32.4 Å². The van der Waals surface area contributed by atoms with Gasteiger partial charge in [-0.15, -0.1) is 0 Å². The van der Waals surface area contributed by atoms with Crippen molar-refractivity contribution >= 4 is 11.9 Å². The molecule has 0 spiro atoms. The highest BCUT2D eigenvalue weighted by molar-refractivity contribution is 6.01. The molecule has 3 nitrogen and oxygen atoms in total. The first-order chi connectivity index (χ1) is 7.71. The van der Waals surface area contributed by atoms with Crippen molar-refractivity contribution in [1.82, 2.24) is 0 Å². The Morgan fingerprint density at radius 3 is 2.50 bits per heavy atom. The van der Waals surface area contributed by atoms with E-state index in [9.17, 15) is 4.79 Å². The first kappa shape index (κ1) is 12.0. The van der Waals surface area contributed by atoms with Gasteiger partial charge in [0, 0.05) is 0 Å². The van der Waals surface area contributed by atoms with Crippen molar-refractivity contribution in [2.45, 2.75) is 0 Å². The third-order valence-corrected chi connectivity index (χ3v) is 2.05.